The molecule has 6 nitrogen and oxygen atoms in total. The van der Waals surface area contributed by atoms with Crippen LogP contribution in [0.3, 0.4) is 0 Å². The van der Waals surface area contributed by atoms with Gasteiger partial charge < -0.3 is 20.7 Å². The molecule has 0 heterocycles. The molecule has 0 atom stereocenters. The number of benzene rings is 2. The molecule has 138 valence electrons. The molecule has 0 fully saturated rings. The van der Waals surface area contributed by atoms with Crippen molar-refractivity contribution >= 4 is 34.8 Å². The van der Waals surface area contributed by atoms with Crippen LogP contribution in [0.2, 0.25) is 5.02 Å². The van der Waals surface area contributed by atoms with Gasteiger partial charge in [-0.15, -0.1) is 0 Å². The van der Waals surface area contributed by atoms with Gasteiger partial charge in [0.1, 0.15) is 5.75 Å². The van der Waals surface area contributed by atoms with Gasteiger partial charge in [-0.3, -0.25) is 9.59 Å². The summed E-state index contributed by atoms with van der Waals surface area (Å²) in [5, 5.41) is 9.01. The van der Waals surface area contributed by atoms with E-state index in [4.69, 9.17) is 16.3 Å². The molecule has 0 saturated carbocycles. The van der Waals surface area contributed by atoms with Crippen molar-refractivity contribution in [1.82, 2.24) is 5.32 Å². The Morgan fingerprint density at radius 3 is 2.31 bits per heavy atom. The Morgan fingerprint density at radius 1 is 1.08 bits per heavy atom. The van der Waals surface area contributed by atoms with Crippen LogP contribution in [0.1, 0.15) is 24.2 Å². The van der Waals surface area contributed by atoms with Gasteiger partial charge in [-0.1, -0.05) is 11.6 Å². The van der Waals surface area contributed by atoms with Crippen molar-refractivity contribution in [2.75, 3.05) is 24.3 Å². The zero-order valence-electron chi connectivity index (χ0n) is 14.9. The second-order valence-corrected chi connectivity index (χ2v) is 6.36. The van der Waals surface area contributed by atoms with Crippen LogP contribution in [-0.2, 0) is 4.79 Å². The molecule has 0 radical (unpaired) electrons. The molecule has 2 amide bonds. The highest BCUT2D eigenvalue weighted by molar-refractivity contribution is 6.32. The van der Waals surface area contributed by atoms with E-state index >= 15 is 0 Å². The molecule has 2 aromatic carbocycles. The minimum atomic E-state index is -0.215. The van der Waals surface area contributed by atoms with Crippen LogP contribution >= 0.6 is 11.6 Å². The zero-order valence-corrected chi connectivity index (χ0v) is 15.7. The molecule has 0 aliphatic rings. The molecule has 0 spiro atoms. The van der Waals surface area contributed by atoms with E-state index in [-0.39, 0.29) is 24.4 Å². The van der Waals surface area contributed by atoms with Gasteiger partial charge in [0.15, 0.2) is 0 Å². The second kappa shape index (κ2) is 9.10. The molecule has 26 heavy (non-hydrogen) atoms. The SMILES string of the molecule is COc1ccc(NC(=O)CNc2ccc(C(=O)NC(C)C)cc2)cc1Cl. The smallest absolute Gasteiger partial charge is 0.251 e. The van der Waals surface area contributed by atoms with Crippen LogP contribution in [-0.4, -0.2) is 31.5 Å². The Hall–Kier alpha value is -2.73. The van der Waals surface area contributed by atoms with E-state index < -0.39 is 0 Å². The van der Waals surface area contributed by atoms with Crippen LogP contribution in [0.15, 0.2) is 42.5 Å². The highest BCUT2D eigenvalue weighted by Gasteiger charge is 2.08. The van der Waals surface area contributed by atoms with Crippen molar-refractivity contribution in [2.24, 2.45) is 0 Å². The third-order valence-corrected chi connectivity index (χ3v) is 3.75. The fraction of sp³-hybridized carbons (Fsp3) is 0.263. The molecule has 2 aromatic rings. The topological polar surface area (TPSA) is 79.5 Å². The number of rotatable bonds is 7. The van der Waals surface area contributed by atoms with Gasteiger partial charge in [-0.25, -0.2) is 0 Å². The van der Waals surface area contributed by atoms with E-state index in [1.165, 1.54) is 7.11 Å². The van der Waals surface area contributed by atoms with E-state index in [0.717, 1.165) is 5.69 Å². The largest absolute Gasteiger partial charge is 0.495 e. The van der Waals surface area contributed by atoms with E-state index in [1.54, 1.807) is 42.5 Å². The summed E-state index contributed by atoms with van der Waals surface area (Å²) in [5.74, 6) is 0.206. The Bertz CT molecular complexity index is 776. The number of nitrogens with one attached hydrogen (secondary N) is 3. The maximum atomic E-state index is 12.0. The molecule has 3 N–H and O–H groups in total. The zero-order chi connectivity index (χ0) is 19.1. The molecule has 0 aliphatic heterocycles. The Balaban J connectivity index is 1.87. The Labute approximate surface area is 157 Å². The van der Waals surface area contributed by atoms with Crippen LogP contribution in [0.5, 0.6) is 5.75 Å². The summed E-state index contributed by atoms with van der Waals surface area (Å²) in [6.45, 7) is 3.89. The maximum Gasteiger partial charge on any atom is 0.251 e. The number of hydrogen-bond acceptors (Lipinski definition) is 4. The lowest BCUT2D eigenvalue weighted by molar-refractivity contribution is -0.114. The highest BCUT2D eigenvalue weighted by atomic mass is 35.5. The van der Waals surface area contributed by atoms with Crippen LogP contribution in [0.25, 0.3) is 0 Å². The second-order valence-electron chi connectivity index (χ2n) is 5.96. The minimum Gasteiger partial charge on any atom is -0.495 e. The minimum absolute atomic E-state index is 0.0791. The fourth-order valence-corrected chi connectivity index (χ4v) is 2.47. The average molecular weight is 376 g/mol. The molecular weight excluding hydrogens is 354 g/mol. The molecule has 2 rings (SSSR count). The first-order valence-corrected chi connectivity index (χ1v) is 8.55. The molecule has 0 aromatic heterocycles. The number of hydrogen-bond donors (Lipinski definition) is 3. The number of carbonyl (C=O) groups is 2. The molecule has 0 saturated heterocycles. The van der Waals surface area contributed by atoms with Gasteiger partial charge in [0.05, 0.1) is 18.7 Å². The van der Waals surface area contributed by atoms with Gasteiger partial charge in [0, 0.05) is 23.0 Å². The average Bonchev–Trinajstić information content (AvgIpc) is 2.60. The summed E-state index contributed by atoms with van der Waals surface area (Å²) in [7, 11) is 1.53. The highest BCUT2D eigenvalue weighted by Crippen LogP contribution is 2.27. The van der Waals surface area contributed by atoms with Crippen LogP contribution < -0.4 is 20.7 Å². The number of ether oxygens (including phenoxy) is 1. The predicted molar refractivity (Wildman–Crippen MR) is 104 cm³/mol. The van der Waals surface area contributed by atoms with Crippen molar-refractivity contribution in [1.29, 1.82) is 0 Å². The van der Waals surface area contributed by atoms with Gasteiger partial charge in [-0.05, 0) is 56.3 Å². The van der Waals surface area contributed by atoms with Crippen LogP contribution in [0, 0.1) is 0 Å². The fourth-order valence-electron chi connectivity index (χ4n) is 2.22. The first kappa shape index (κ1) is 19.6. The lowest BCUT2D eigenvalue weighted by atomic mass is 10.2. The lowest BCUT2D eigenvalue weighted by Gasteiger charge is -2.11. The van der Waals surface area contributed by atoms with Crippen molar-refractivity contribution in [2.45, 2.75) is 19.9 Å². The molecule has 0 unspecified atom stereocenters. The Morgan fingerprint density at radius 2 is 1.73 bits per heavy atom. The number of halogens is 1. The van der Waals surface area contributed by atoms with E-state index in [2.05, 4.69) is 16.0 Å². The number of carbonyl (C=O) groups excluding carboxylic acids is 2. The number of methoxy groups -OCH3 is 1. The van der Waals surface area contributed by atoms with E-state index in [9.17, 15) is 9.59 Å². The van der Waals surface area contributed by atoms with E-state index in [0.29, 0.717) is 22.0 Å². The molecule has 0 aliphatic carbocycles. The summed E-state index contributed by atoms with van der Waals surface area (Å²) >= 11 is 6.03. The summed E-state index contributed by atoms with van der Waals surface area (Å²) in [6, 6.07) is 12.0. The third-order valence-electron chi connectivity index (χ3n) is 3.46. The van der Waals surface area contributed by atoms with Crippen molar-refractivity contribution in [3.05, 3.63) is 53.1 Å². The molecule has 0 bridgehead atoms. The summed E-state index contributed by atoms with van der Waals surface area (Å²) in [4.78, 5) is 23.9. The quantitative estimate of drug-likeness (QED) is 0.691. The van der Waals surface area contributed by atoms with Gasteiger partial charge in [0.25, 0.3) is 5.91 Å². The van der Waals surface area contributed by atoms with Gasteiger partial charge >= 0.3 is 0 Å². The standard InChI is InChI=1S/C19H22ClN3O3/c1-12(2)22-19(25)13-4-6-14(7-5-13)21-11-18(24)23-15-8-9-17(26-3)16(20)10-15/h4-10,12,21H,11H2,1-3H3,(H,22,25)(H,23,24). The Kier molecular flexibility index (Phi) is 6.86. The van der Waals surface area contributed by atoms with Crippen molar-refractivity contribution < 1.29 is 14.3 Å². The normalized spacial score (nSPS) is 10.3. The van der Waals surface area contributed by atoms with Crippen molar-refractivity contribution in [3.63, 3.8) is 0 Å². The van der Waals surface area contributed by atoms with Crippen LogP contribution in [0.4, 0.5) is 11.4 Å². The molecular formula is C19H22ClN3O3. The maximum absolute atomic E-state index is 12.0. The first-order chi connectivity index (χ1) is 12.4. The molecule has 7 heteroatoms. The lowest BCUT2D eigenvalue weighted by Crippen LogP contribution is -2.30. The predicted octanol–water partition coefficient (Wildman–Crippen LogP) is 3.54. The number of anilines is 2. The van der Waals surface area contributed by atoms with Gasteiger partial charge in [-0.2, -0.15) is 0 Å². The first-order valence-electron chi connectivity index (χ1n) is 8.17. The monoisotopic (exact) mass is 375 g/mol. The van der Waals surface area contributed by atoms with E-state index in [1.807, 2.05) is 13.8 Å². The third kappa shape index (κ3) is 5.67. The van der Waals surface area contributed by atoms with Crippen molar-refractivity contribution in [3.8, 4) is 5.75 Å². The van der Waals surface area contributed by atoms with Gasteiger partial charge in [0.2, 0.25) is 5.91 Å². The summed E-state index contributed by atoms with van der Waals surface area (Å²) in [6.07, 6.45) is 0. The summed E-state index contributed by atoms with van der Waals surface area (Å²) < 4.78 is 5.07. The number of amides is 2. The summed E-state index contributed by atoms with van der Waals surface area (Å²) in [5.41, 5.74) is 1.90.